The van der Waals surface area contributed by atoms with Crippen LogP contribution in [0.3, 0.4) is 0 Å². The van der Waals surface area contributed by atoms with Crippen LogP contribution in [-0.2, 0) is 0 Å². The Morgan fingerprint density at radius 2 is 2.00 bits per heavy atom. The average molecular weight is 520 g/mol. The average Bonchev–Trinajstić information content (AvgIpc) is 3.73. The number of nitrogens with zero attached hydrogens (tertiary/aromatic N) is 3. The number of pyridine rings is 1. The maximum absolute atomic E-state index is 14.6. The Hall–Kier alpha value is -3.94. The second kappa shape index (κ2) is 11.6. The number of β-amino-alcohol motifs (C(OH)–C–C–N with tert-alkyl or cyclic N) is 1. The summed E-state index contributed by atoms with van der Waals surface area (Å²) in [5, 5.41) is 16.3. The number of fused-ring (bicyclic) bond motifs is 1. The fourth-order valence-electron chi connectivity index (χ4n) is 4.47. The first-order chi connectivity index (χ1) is 18.5. The molecule has 0 radical (unpaired) electrons. The molecule has 2 fully saturated rings. The molecule has 10 heteroatoms. The number of rotatable bonds is 9. The van der Waals surface area contributed by atoms with Crippen LogP contribution in [-0.4, -0.2) is 59.4 Å². The van der Waals surface area contributed by atoms with Crippen molar-refractivity contribution in [2.45, 2.75) is 44.2 Å². The number of hydrogen-bond donors (Lipinski definition) is 3. The van der Waals surface area contributed by atoms with Gasteiger partial charge in [0.2, 0.25) is 5.69 Å². The normalized spacial score (nSPS) is 16.4. The van der Waals surface area contributed by atoms with Gasteiger partial charge < -0.3 is 30.1 Å². The number of carbonyl (C=O) groups excluding carboxylic acids is 1. The number of ether oxygens (including phenoxy) is 2. The first kappa shape index (κ1) is 25.7. The number of hydrogen-bond acceptors (Lipinski definition) is 6. The molecule has 1 aliphatic carbocycles. The zero-order valence-corrected chi connectivity index (χ0v) is 21.0. The number of aliphatic hydroxyl groups excluding tert-OH is 1. The van der Waals surface area contributed by atoms with Crippen molar-refractivity contribution in [3.63, 3.8) is 0 Å². The van der Waals surface area contributed by atoms with Gasteiger partial charge in [-0.2, -0.15) is 0 Å². The van der Waals surface area contributed by atoms with Gasteiger partial charge in [-0.1, -0.05) is 6.42 Å². The largest absolute Gasteiger partial charge is 0.502 e. The van der Waals surface area contributed by atoms with Gasteiger partial charge >= 0.3 is 6.03 Å². The Morgan fingerprint density at radius 3 is 2.74 bits per heavy atom. The lowest BCUT2D eigenvalue weighted by molar-refractivity contribution is 0.0620. The Bertz CT molecular complexity index is 1350. The molecule has 1 aliphatic heterocycles. The first-order valence-electron chi connectivity index (χ1n) is 12.9. The quantitative estimate of drug-likeness (QED) is 0.335. The number of nitrogens with one attached hydrogen (secondary N) is 2. The van der Waals surface area contributed by atoms with Crippen LogP contribution in [0.5, 0.6) is 17.2 Å². The fourth-order valence-corrected chi connectivity index (χ4v) is 4.47. The highest BCUT2D eigenvalue weighted by molar-refractivity contribution is 5.91. The van der Waals surface area contributed by atoms with E-state index in [9.17, 15) is 14.3 Å². The standard InChI is InChI=1S/C28H30FN5O4/c1-30-25-14-21-24(15-27(25)37-17-19(35)16-34-11-3-2-4-12-34)31-10-9-26(21)38-20-7-8-23(22(29)13-20)33-28(36)32-18-5-6-18/h7-10,13-15,18-19,35H,2-6,11-12,16-17H2,(H2,32,33,36)/t19-/m1/s1. The molecule has 5 rings (SSSR count). The van der Waals surface area contributed by atoms with Crippen LogP contribution < -0.4 is 20.1 Å². The molecule has 1 atom stereocenters. The van der Waals surface area contributed by atoms with E-state index in [2.05, 4.69) is 25.4 Å². The van der Waals surface area contributed by atoms with E-state index in [1.165, 1.54) is 18.6 Å². The van der Waals surface area contributed by atoms with Crippen molar-refractivity contribution < 1.29 is 23.8 Å². The van der Waals surface area contributed by atoms with Crippen LogP contribution in [0.15, 0.2) is 42.6 Å². The summed E-state index contributed by atoms with van der Waals surface area (Å²) >= 11 is 0. The number of urea groups is 1. The summed E-state index contributed by atoms with van der Waals surface area (Å²) in [7, 11) is 0. The maximum Gasteiger partial charge on any atom is 0.319 e. The number of likely N-dealkylation sites (tertiary alicyclic amines) is 1. The van der Waals surface area contributed by atoms with Gasteiger partial charge in [-0.3, -0.25) is 4.98 Å². The molecule has 1 aromatic heterocycles. The second-order valence-electron chi connectivity index (χ2n) is 9.70. The van der Waals surface area contributed by atoms with Crippen molar-refractivity contribution >= 4 is 28.3 Å². The van der Waals surface area contributed by atoms with Gasteiger partial charge in [0.15, 0.2) is 0 Å². The Labute approximate surface area is 220 Å². The smallest absolute Gasteiger partial charge is 0.319 e. The zero-order chi connectivity index (χ0) is 26.5. The summed E-state index contributed by atoms with van der Waals surface area (Å²) in [5.74, 6) is 0.324. The molecule has 3 N–H and O–H groups in total. The molecular weight excluding hydrogens is 489 g/mol. The number of piperidine rings is 1. The summed E-state index contributed by atoms with van der Waals surface area (Å²) < 4.78 is 26.4. The number of benzene rings is 2. The van der Waals surface area contributed by atoms with E-state index >= 15 is 0 Å². The van der Waals surface area contributed by atoms with E-state index in [0.29, 0.717) is 28.9 Å². The van der Waals surface area contributed by atoms with Crippen LogP contribution >= 0.6 is 0 Å². The van der Waals surface area contributed by atoms with Gasteiger partial charge in [-0.25, -0.2) is 14.0 Å². The monoisotopic (exact) mass is 519 g/mol. The molecule has 38 heavy (non-hydrogen) atoms. The van der Waals surface area contributed by atoms with E-state index in [1.54, 1.807) is 30.5 Å². The van der Waals surface area contributed by atoms with E-state index < -0.39 is 18.0 Å². The number of aromatic nitrogens is 1. The van der Waals surface area contributed by atoms with Gasteiger partial charge in [0, 0.05) is 30.2 Å². The SMILES string of the molecule is [C-]#[N+]c1cc2c(Oc3ccc(NC(=O)NC4CC4)c(F)c3)ccnc2cc1OC[C@H](O)CN1CCCCC1. The molecule has 2 aliphatic rings. The van der Waals surface area contributed by atoms with Crippen LogP contribution in [0, 0.1) is 12.4 Å². The third-order valence-corrected chi connectivity index (χ3v) is 6.58. The first-order valence-corrected chi connectivity index (χ1v) is 12.9. The molecule has 1 saturated carbocycles. The molecular formula is C28H30FN5O4. The molecule has 3 aromatic rings. The third kappa shape index (κ3) is 6.49. The van der Waals surface area contributed by atoms with E-state index in [-0.39, 0.29) is 29.8 Å². The number of carbonyl (C=O) groups is 1. The van der Waals surface area contributed by atoms with Crippen LogP contribution in [0.1, 0.15) is 32.1 Å². The molecule has 2 aromatic carbocycles. The number of aliphatic hydroxyl groups is 1. The summed E-state index contributed by atoms with van der Waals surface area (Å²) in [4.78, 5) is 22.1. The van der Waals surface area contributed by atoms with Gasteiger partial charge in [-0.15, -0.1) is 0 Å². The Morgan fingerprint density at radius 1 is 1.18 bits per heavy atom. The van der Waals surface area contributed by atoms with Gasteiger partial charge in [0.05, 0.1) is 17.8 Å². The van der Waals surface area contributed by atoms with Crippen LogP contribution in [0.2, 0.25) is 0 Å². The van der Waals surface area contributed by atoms with Crippen LogP contribution in [0.25, 0.3) is 15.7 Å². The second-order valence-corrected chi connectivity index (χ2v) is 9.70. The molecule has 0 bridgehead atoms. The summed E-state index contributed by atoms with van der Waals surface area (Å²) in [6.07, 6.45) is 6.26. The number of anilines is 1. The Balaban J connectivity index is 1.28. The van der Waals surface area contributed by atoms with Crippen molar-refractivity contribution in [1.29, 1.82) is 0 Å². The zero-order valence-electron chi connectivity index (χ0n) is 21.0. The van der Waals surface area contributed by atoms with Gasteiger partial charge in [0.25, 0.3) is 0 Å². The predicted octanol–water partition coefficient (Wildman–Crippen LogP) is 5.23. The van der Waals surface area contributed by atoms with E-state index in [4.69, 9.17) is 16.0 Å². The third-order valence-electron chi connectivity index (χ3n) is 6.58. The van der Waals surface area contributed by atoms with E-state index in [0.717, 1.165) is 38.8 Å². The van der Waals surface area contributed by atoms with Crippen molar-refractivity contribution in [3.8, 4) is 17.2 Å². The number of halogens is 1. The topological polar surface area (TPSA) is 100 Å². The van der Waals surface area contributed by atoms with Crippen LogP contribution in [0.4, 0.5) is 20.6 Å². The lowest BCUT2D eigenvalue weighted by Crippen LogP contribution is -2.38. The minimum absolute atomic E-state index is 0.0506. The predicted molar refractivity (Wildman–Crippen MR) is 141 cm³/mol. The summed E-state index contributed by atoms with van der Waals surface area (Å²) in [6.45, 7) is 10.2. The van der Waals surface area contributed by atoms with Crippen molar-refractivity contribution in [2.24, 2.45) is 0 Å². The minimum Gasteiger partial charge on any atom is -0.502 e. The van der Waals surface area contributed by atoms with Crippen molar-refractivity contribution in [3.05, 3.63) is 59.8 Å². The number of amides is 2. The maximum atomic E-state index is 14.6. The highest BCUT2D eigenvalue weighted by Gasteiger charge is 2.23. The lowest BCUT2D eigenvalue weighted by atomic mass is 10.1. The fraction of sp³-hybridized carbons (Fsp3) is 0.393. The lowest BCUT2D eigenvalue weighted by Gasteiger charge is -2.28. The molecule has 2 amide bonds. The summed E-state index contributed by atoms with van der Waals surface area (Å²) in [5.41, 5.74) is 0.841. The van der Waals surface area contributed by atoms with E-state index in [1.807, 2.05) is 0 Å². The van der Waals surface area contributed by atoms with Crippen molar-refractivity contribution in [1.82, 2.24) is 15.2 Å². The minimum atomic E-state index is -0.669. The summed E-state index contributed by atoms with van der Waals surface area (Å²) in [6, 6.07) is 8.80. The molecule has 2 heterocycles. The molecule has 0 spiro atoms. The molecule has 198 valence electrons. The highest BCUT2D eigenvalue weighted by atomic mass is 19.1. The molecule has 9 nitrogen and oxygen atoms in total. The molecule has 0 unspecified atom stereocenters. The highest BCUT2D eigenvalue weighted by Crippen LogP contribution is 2.38. The molecule has 1 saturated heterocycles. The van der Waals surface area contributed by atoms with Crippen molar-refractivity contribution in [2.75, 3.05) is 31.6 Å². The van der Waals surface area contributed by atoms with Gasteiger partial charge in [-0.05, 0) is 69.1 Å². The van der Waals surface area contributed by atoms with Gasteiger partial charge in [0.1, 0.15) is 35.8 Å². The Kier molecular flexibility index (Phi) is 7.86.